The van der Waals surface area contributed by atoms with Gasteiger partial charge in [-0.05, 0) is 42.9 Å². The largest absolute Gasteiger partial charge is 0.243 e. The minimum absolute atomic E-state index is 0.557. The van der Waals surface area contributed by atoms with Gasteiger partial charge < -0.3 is 0 Å². The molecule has 0 atom stereocenters. The van der Waals surface area contributed by atoms with Crippen LogP contribution < -0.4 is 0 Å². The molecule has 3 rings (SSSR count). The number of hydrogen-bond acceptors (Lipinski definition) is 3. The van der Waals surface area contributed by atoms with Gasteiger partial charge in [-0.1, -0.05) is 41.9 Å². The highest BCUT2D eigenvalue weighted by Gasteiger charge is 2.20. The van der Waals surface area contributed by atoms with E-state index in [-0.39, 0.29) is 0 Å². The van der Waals surface area contributed by atoms with Crippen LogP contribution in [0.25, 0.3) is 6.08 Å². The van der Waals surface area contributed by atoms with Crippen molar-refractivity contribution in [2.45, 2.75) is 25.7 Å². The zero-order chi connectivity index (χ0) is 15.4. The molecule has 0 fully saturated rings. The summed E-state index contributed by atoms with van der Waals surface area (Å²) in [5, 5.41) is 10.7. The van der Waals surface area contributed by atoms with Crippen LogP contribution >= 0.6 is 22.9 Å². The Morgan fingerprint density at radius 1 is 1.23 bits per heavy atom. The molecule has 0 unspecified atom stereocenters. The van der Waals surface area contributed by atoms with E-state index in [0.717, 1.165) is 35.4 Å². The molecule has 0 aliphatic heterocycles. The highest BCUT2D eigenvalue weighted by molar-refractivity contribution is 7.16. The summed E-state index contributed by atoms with van der Waals surface area (Å²) in [6, 6.07) is 12.2. The predicted octanol–water partition coefficient (Wildman–Crippen LogP) is 5.48. The molecule has 1 aromatic heterocycles. The second-order valence-electron chi connectivity index (χ2n) is 5.20. The van der Waals surface area contributed by atoms with Crippen molar-refractivity contribution >= 4 is 40.2 Å². The number of aryl methyl sites for hydroxylation is 1. The molecule has 0 saturated heterocycles. The van der Waals surface area contributed by atoms with Gasteiger partial charge in [-0.2, -0.15) is 5.26 Å². The average molecular weight is 327 g/mol. The highest BCUT2D eigenvalue weighted by atomic mass is 35.5. The number of hydrogen-bond donors (Lipinski definition) is 0. The summed E-state index contributed by atoms with van der Waals surface area (Å²) in [6.45, 7) is 0. The minimum Gasteiger partial charge on any atom is -0.243 e. The molecule has 1 heterocycles. The molecule has 0 saturated carbocycles. The number of benzene rings is 1. The second-order valence-corrected chi connectivity index (χ2v) is 6.72. The van der Waals surface area contributed by atoms with E-state index in [9.17, 15) is 5.26 Å². The van der Waals surface area contributed by atoms with Crippen molar-refractivity contribution in [3.05, 3.63) is 56.9 Å². The number of nitrogens with zero attached hydrogens (tertiary/aromatic N) is 2. The molecule has 1 aromatic carbocycles. The zero-order valence-electron chi connectivity index (χ0n) is 12.1. The zero-order valence-corrected chi connectivity index (χ0v) is 13.6. The highest BCUT2D eigenvalue weighted by Crippen LogP contribution is 2.39. The van der Waals surface area contributed by atoms with Gasteiger partial charge in [0, 0.05) is 11.1 Å². The SMILES string of the molecule is N#Cc1c(N=CC(Cl)=Cc2ccccc2)sc2c1CCCC2. The fourth-order valence-corrected chi connectivity index (χ4v) is 3.98. The number of rotatable bonds is 3. The van der Waals surface area contributed by atoms with Crippen molar-refractivity contribution in [2.75, 3.05) is 0 Å². The third-order valence-corrected chi connectivity index (χ3v) is 5.08. The Balaban J connectivity index is 1.85. The fourth-order valence-electron chi connectivity index (χ4n) is 2.62. The van der Waals surface area contributed by atoms with Crippen LogP contribution in [0.4, 0.5) is 5.00 Å². The lowest BCUT2D eigenvalue weighted by Crippen LogP contribution is -1.99. The first kappa shape index (κ1) is 15.0. The first-order chi connectivity index (χ1) is 10.8. The van der Waals surface area contributed by atoms with Crippen LogP contribution in [0.2, 0.25) is 0 Å². The van der Waals surface area contributed by atoms with Gasteiger partial charge in [0.1, 0.15) is 11.1 Å². The van der Waals surface area contributed by atoms with Crippen molar-refractivity contribution in [1.29, 1.82) is 5.26 Å². The normalized spacial score (nSPS) is 14.8. The molecule has 22 heavy (non-hydrogen) atoms. The number of halogens is 1. The van der Waals surface area contributed by atoms with Crippen molar-refractivity contribution in [1.82, 2.24) is 0 Å². The monoisotopic (exact) mass is 326 g/mol. The molecule has 2 aromatic rings. The Hall–Kier alpha value is -1.89. The second kappa shape index (κ2) is 6.91. The predicted molar refractivity (Wildman–Crippen MR) is 94.1 cm³/mol. The smallest absolute Gasteiger partial charge is 0.134 e. The molecule has 2 nitrogen and oxygen atoms in total. The third-order valence-electron chi connectivity index (χ3n) is 3.67. The first-order valence-electron chi connectivity index (χ1n) is 7.29. The molecule has 0 spiro atoms. The lowest BCUT2D eigenvalue weighted by Gasteiger charge is -2.09. The van der Waals surface area contributed by atoms with Gasteiger partial charge in [-0.3, -0.25) is 0 Å². The third kappa shape index (κ3) is 3.30. The quantitative estimate of drug-likeness (QED) is 0.688. The maximum Gasteiger partial charge on any atom is 0.134 e. The molecule has 0 amide bonds. The van der Waals surface area contributed by atoms with E-state index >= 15 is 0 Å². The number of aliphatic imine (C=N–C) groups is 1. The molecular weight excluding hydrogens is 312 g/mol. The summed E-state index contributed by atoms with van der Waals surface area (Å²) < 4.78 is 0. The number of allylic oxidation sites excluding steroid dienone is 1. The number of thiophene rings is 1. The van der Waals surface area contributed by atoms with Crippen molar-refractivity contribution in [3.8, 4) is 6.07 Å². The number of nitriles is 1. The van der Waals surface area contributed by atoms with Gasteiger partial charge >= 0.3 is 0 Å². The van der Waals surface area contributed by atoms with Crippen LogP contribution in [-0.2, 0) is 12.8 Å². The van der Waals surface area contributed by atoms with Gasteiger partial charge in [0.25, 0.3) is 0 Å². The van der Waals surface area contributed by atoms with Crippen molar-refractivity contribution in [3.63, 3.8) is 0 Å². The standard InChI is InChI=1S/C18H15ClN2S/c19-14(10-13-6-2-1-3-7-13)12-21-18-16(11-20)15-8-4-5-9-17(15)22-18/h1-3,6-7,10,12H,4-5,8-9H2. The average Bonchev–Trinajstić information content (AvgIpc) is 2.91. The van der Waals surface area contributed by atoms with Gasteiger partial charge in [0.05, 0.1) is 10.6 Å². The maximum atomic E-state index is 9.40. The van der Waals surface area contributed by atoms with Gasteiger partial charge in [-0.15, -0.1) is 11.3 Å². The van der Waals surface area contributed by atoms with E-state index in [0.29, 0.717) is 5.03 Å². The maximum absolute atomic E-state index is 9.40. The van der Waals surface area contributed by atoms with Gasteiger partial charge in [0.2, 0.25) is 0 Å². The summed E-state index contributed by atoms with van der Waals surface area (Å²) in [5.74, 6) is 0. The summed E-state index contributed by atoms with van der Waals surface area (Å²) in [6.07, 6.45) is 7.93. The van der Waals surface area contributed by atoms with E-state index in [1.165, 1.54) is 16.9 Å². The molecule has 1 aliphatic rings. The van der Waals surface area contributed by atoms with E-state index in [2.05, 4.69) is 11.1 Å². The topological polar surface area (TPSA) is 36.1 Å². The van der Waals surface area contributed by atoms with E-state index < -0.39 is 0 Å². The Morgan fingerprint density at radius 3 is 2.77 bits per heavy atom. The molecule has 4 heteroatoms. The number of fused-ring (bicyclic) bond motifs is 1. The molecular formula is C18H15ClN2S. The summed E-state index contributed by atoms with van der Waals surface area (Å²) >= 11 is 7.85. The lowest BCUT2D eigenvalue weighted by molar-refractivity contribution is 0.696. The van der Waals surface area contributed by atoms with E-state index in [1.807, 2.05) is 36.4 Å². The summed E-state index contributed by atoms with van der Waals surface area (Å²) in [7, 11) is 0. The first-order valence-corrected chi connectivity index (χ1v) is 8.48. The van der Waals surface area contributed by atoms with E-state index in [4.69, 9.17) is 11.6 Å². The molecule has 110 valence electrons. The Kier molecular flexibility index (Phi) is 4.72. The fraction of sp³-hybridized carbons (Fsp3) is 0.222. The van der Waals surface area contributed by atoms with Crippen LogP contribution in [-0.4, -0.2) is 6.21 Å². The molecule has 0 radical (unpaired) electrons. The van der Waals surface area contributed by atoms with Crippen LogP contribution in [0.3, 0.4) is 0 Å². The Labute approximate surface area is 139 Å². The van der Waals surface area contributed by atoms with E-state index in [1.54, 1.807) is 17.6 Å². The Morgan fingerprint density at radius 2 is 2.00 bits per heavy atom. The van der Waals surface area contributed by atoms with Crippen LogP contribution in [0, 0.1) is 11.3 Å². The summed E-state index contributed by atoms with van der Waals surface area (Å²) in [4.78, 5) is 5.77. The molecule has 0 bridgehead atoms. The molecule has 0 N–H and O–H groups in total. The molecule has 1 aliphatic carbocycles. The van der Waals surface area contributed by atoms with Crippen LogP contribution in [0.5, 0.6) is 0 Å². The minimum atomic E-state index is 0.557. The van der Waals surface area contributed by atoms with Crippen LogP contribution in [0.15, 0.2) is 40.4 Å². The van der Waals surface area contributed by atoms with Crippen LogP contribution in [0.1, 0.15) is 34.4 Å². The van der Waals surface area contributed by atoms with Gasteiger partial charge in [0.15, 0.2) is 0 Å². The van der Waals surface area contributed by atoms with Crippen molar-refractivity contribution in [2.24, 2.45) is 4.99 Å². The lowest BCUT2D eigenvalue weighted by atomic mass is 9.96. The summed E-state index contributed by atoms with van der Waals surface area (Å²) in [5.41, 5.74) is 2.97. The van der Waals surface area contributed by atoms with Gasteiger partial charge in [-0.25, -0.2) is 4.99 Å². The van der Waals surface area contributed by atoms with Crippen molar-refractivity contribution < 1.29 is 0 Å². The Bertz CT molecular complexity index is 766.